The van der Waals surface area contributed by atoms with Crippen LogP contribution in [0.4, 0.5) is 0 Å². The Morgan fingerprint density at radius 3 is 2.64 bits per heavy atom. The fourth-order valence-electron chi connectivity index (χ4n) is 4.55. The summed E-state index contributed by atoms with van der Waals surface area (Å²) < 4.78 is 10.7. The van der Waals surface area contributed by atoms with E-state index in [-0.39, 0.29) is 0 Å². The molecule has 3 aliphatic rings. The van der Waals surface area contributed by atoms with Crippen molar-refractivity contribution in [2.45, 2.75) is 25.4 Å². The number of methoxy groups -OCH3 is 2. The van der Waals surface area contributed by atoms with Crippen LogP contribution < -0.4 is 4.74 Å². The van der Waals surface area contributed by atoms with Gasteiger partial charge in [0.25, 0.3) is 0 Å². The van der Waals surface area contributed by atoms with E-state index in [0.717, 1.165) is 50.0 Å². The molecule has 4 heterocycles. The molecule has 3 aliphatic heterocycles. The van der Waals surface area contributed by atoms with E-state index in [0.29, 0.717) is 11.9 Å². The summed E-state index contributed by atoms with van der Waals surface area (Å²) in [7, 11) is 3.47. The zero-order chi connectivity index (χ0) is 19.3. The normalized spacial score (nSPS) is 22.9. The highest BCUT2D eigenvalue weighted by Crippen LogP contribution is 2.29. The van der Waals surface area contributed by atoms with Crippen LogP contribution in [-0.4, -0.2) is 72.8 Å². The van der Waals surface area contributed by atoms with E-state index in [1.165, 1.54) is 24.9 Å². The van der Waals surface area contributed by atoms with Gasteiger partial charge in [-0.15, -0.1) is 0 Å². The first kappa shape index (κ1) is 19.3. The maximum Gasteiger partial charge on any atom is 0.162 e. The van der Waals surface area contributed by atoms with Gasteiger partial charge in [0.15, 0.2) is 5.82 Å². The third-order valence-corrected chi connectivity index (χ3v) is 5.94. The molecule has 3 fully saturated rings. The van der Waals surface area contributed by atoms with Gasteiger partial charge < -0.3 is 9.47 Å². The van der Waals surface area contributed by atoms with Gasteiger partial charge in [-0.1, -0.05) is 12.1 Å². The molecule has 0 unspecified atom stereocenters. The SMILES string of the molecule is COCCN1C[C@H]2CC[C@@H]1CN(Cc1cnc(-c3ccccc3OC)nc1)C2. The monoisotopic (exact) mass is 382 g/mol. The number of aromatic nitrogens is 2. The number of hydrogen-bond acceptors (Lipinski definition) is 6. The van der Waals surface area contributed by atoms with Crippen LogP contribution in [-0.2, 0) is 11.3 Å². The molecule has 6 nitrogen and oxygen atoms in total. The topological polar surface area (TPSA) is 50.7 Å². The third kappa shape index (κ3) is 4.35. The molecule has 0 aliphatic carbocycles. The van der Waals surface area contributed by atoms with Crippen LogP contribution in [0.2, 0.25) is 0 Å². The van der Waals surface area contributed by atoms with Crippen LogP contribution in [0, 0.1) is 5.92 Å². The fraction of sp³-hybridized carbons (Fsp3) is 0.545. The Morgan fingerprint density at radius 2 is 1.86 bits per heavy atom. The highest BCUT2D eigenvalue weighted by molar-refractivity contribution is 5.63. The van der Waals surface area contributed by atoms with E-state index >= 15 is 0 Å². The minimum absolute atomic E-state index is 0.641. The average molecular weight is 383 g/mol. The van der Waals surface area contributed by atoms with Gasteiger partial charge >= 0.3 is 0 Å². The van der Waals surface area contributed by atoms with Crippen molar-refractivity contribution in [2.75, 3.05) is 47.0 Å². The summed E-state index contributed by atoms with van der Waals surface area (Å²) in [4.78, 5) is 14.4. The maximum atomic E-state index is 5.43. The Labute approximate surface area is 167 Å². The Kier molecular flexibility index (Phi) is 6.20. The highest BCUT2D eigenvalue weighted by atomic mass is 16.5. The summed E-state index contributed by atoms with van der Waals surface area (Å²) in [6.45, 7) is 6.26. The molecule has 2 atom stereocenters. The van der Waals surface area contributed by atoms with Crippen molar-refractivity contribution in [1.82, 2.24) is 19.8 Å². The number of benzene rings is 1. The van der Waals surface area contributed by atoms with Crippen molar-refractivity contribution in [3.05, 3.63) is 42.2 Å². The number of nitrogens with zero attached hydrogens (tertiary/aromatic N) is 4. The lowest BCUT2D eigenvalue weighted by Gasteiger charge is -2.35. The van der Waals surface area contributed by atoms with Crippen molar-refractivity contribution in [1.29, 1.82) is 0 Å². The molecule has 0 radical (unpaired) electrons. The summed E-state index contributed by atoms with van der Waals surface area (Å²) in [5.74, 6) is 2.27. The fourth-order valence-corrected chi connectivity index (χ4v) is 4.55. The van der Waals surface area contributed by atoms with Crippen LogP contribution in [0.25, 0.3) is 11.4 Å². The van der Waals surface area contributed by atoms with Crippen molar-refractivity contribution in [2.24, 2.45) is 5.92 Å². The van der Waals surface area contributed by atoms with Crippen molar-refractivity contribution in [3.8, 4) is 17.1 Å². The Morgan fingerprint density at radius 1 is 1.04 bits per heavy atom. The Hall–Kier alpha value is -2.02. The predicted molar refractivity (Wildman–Crippen MR) is 109 cm³/mol. The second-order valence-corrected chi connectivity index (χ2v) is 7.89. The smallest absolute Gasteiger partial charge is 0.162 e. The van der Waals surface area contributed by atoms with Crippen LogP contribution in [0.5, 0.6) is 5.75 Å². The van der Waals surface area contributed by atoms with Gasteiger partial charge in [-0.2, -0.15) is 0 Å². The molecule has 1 aromatic carbocycles. The number of para-hydroxylation sites is 1. The number of ether oxygens (including phenoxy) is 2. The van der Waals surface area contributed by atoms with Crippen LogP contribution >= 0.6 is 0 Å². The summed E-state index contributed by atoms with van der Waals surface area (Å²) in [6, 6.07) is 8.52. The molecular formula is C22H30N4O2. The van der Waals surface area contributed by atoms with E-state index in [9.17, 15) is 0 Å². The van der Waals surface area contributed by atoms with Gasteiger partial charge in [0.2, 0.25) is 0 Å². The van der Waals surface area contributed by atoms with Crippen molar-refractivity contribution < 1.29 is 9.47 Å². The first-order chi connectivity index (χ1) is 13.8. The molecule has 1 aromatic heterocycles. The summed E-state index contributed by atoms with van der Waals surface area (Å²) in [6.07, 6.45) is 6.57. The lowest BCUT2D eigenvalue weighted by molar-refractivity contribution is 0.0867. The highest BCUT2D eigenvalue weighted by Gasteiger charge is 2.34. The zero-order valence-corrected chi connectivity index (χ0v) is 16.9. The van der Waals surface area contributed by atoms with Gasteiger partial charge in [-0.3, -0.25) is 9.80 Å². The quantitative estimate of drug-likeness (QED) is 0.734. The lowest BCUT2D eigenvalue weighted by Crippen LogP contribution is -2.45. The number of fused-ring (bicyclic) bond motifs is 4. The zero-order valence-electron chi connectivity index (χ0n) is 16.9. The van der Waals surface area contributed by atoms with Gasteiger partial charge in [-0.05, 0) is 30.9 Å². The summed E-state index contributed by atoms with van der Waals surface area (Å²) in [5.41, 5.74) is 2.10. The minimum Gasteiger partial charge on any atom is -0.496 e. The third-order valence-electron chi connectivity index (χ3n) is 5.94. The molecule has 0 saturated carbocycles. The van der Waals surface area contributed by atoms with E-state index in [4.69, 9.17) is 9.47 Å². The molecule has 28 heavy (non-hydrogen) atoms. The van der Waals surface area contributed by atoms with Crippen LogP contribution in [0.1, 0.15) is 18.4 Å². The molecule has 3 saturated heterocycles. The number of piperidine rings is 1. The lowest BCUT2D eigenvalue weighted by atomic mass is 9.95. The summed E-state index contributed by atoms with van der Waals surface area (Å²) in [5, 5.41) is 0. The van der Waals surface area contributed by atoms with E-state index in [1.807, 2.05) is 36.7 Å². The van der Waals surface area contributed by atoms with Gasteiger partial charge in [-0.25, -0.2) is 9.97 Å². The Bertz CT molecular complexity index is 767. The number of rotatable bonds is 7. The molecule has 5 rings (SSSR count). The average Bonchev–Trinajstić information content (AvgIpc) is 3.03. The van der Waals surface area contributed by atoms with Crippen LogP contribution in [0.15, 0.2) is 36.7 Å². The molecule has 0 N–H and O–H groups in total. The van der Waals surface area contributed by atoms with Gasteiger partial charge in [0.05, 0.1) is 19.3 Å². The molecule has 0 amide bonds. The molecule has 0 spiro atoms. The largest absolute Gasteiger partial charge is 0.496 e. The summed E-state index contributed by atoms with van der Waals surface area (Å²) >= 11 is 0. The van der Waals surface area contributed by atoms with Crippen molar-refractivity contribution in [3.63, 3.8) is 0 Å². The number of hydrogen-bond donors (Lipinski definition) is 0. The van der Waals surface area contributed by atoms with E-state index < -0.39 is 0 Å². The van der Waals surface area contributed by atoms with E-state index in [1.54, 1.807) is 14.2 Å². The van der Waals surface area contributed by atoms with Gasteiger partial charge in [0, 0.05) is 63.8 Å². The first-order valence-corrected chi connectivity index (χ1v) is 10.2. The minimum atomic E-state index is 0.641. The van der Waals surface area contributed by atoms with Crippen molar-refractivity contribution >= 4 is 0 Å². The first-order valence-electron chi connectivity index (χ1n) is 10.2. The molecule has 2 bridgehead atoms. The maximum absolute atomic E-state index is 5.43. The molecular weight excluding hydrogens is 352 g/mol. The second-order valence-electron chi connectivity index (χ2n) is 7.89. The molecule has 2 aromatic rings. The van der Waals surface area contributed by atoms with Gasteiger partial charge in [0.1, 0.15) is 5.75 Å². The molecule has 150 valence electrons. The Balaban J connectivity index is 1.42. The standard InChI is InChI=1S/C22H30N4O2/c1-27-10-9-26-15-17-7-8-19(26)16-25(13-17)14-18-11-23-22(24-12-18)20-5-3-4-6-21(20)28-2/h3-6,11-12,17,19H,7-10,13-16H2,1-2H3/t17-,19+/m0/s1. The second kappa shape index (κ2) is 8.99. The van der Waals surface area contributed by atoms with E-state index in [2.05, 4.69) is 19.8 Å². The molecule has 6 heteroatoms. The van der Waals surface area contributed by atoms with Crippen LogP contribution in [0.3, 0.4) is 0 Å². The predicted octanol–water partition coefficient (Wildman–Crippen LogP) is 2.69.